The molecule has 2 saturated carbocycles. The normalized spacial score (nSPS) is 45.6. The summed E-state index contributed by atoms with van der Waals surface area (Å²) >= 11 is 0. The molecule has 2 fully saturated rings. The Hall–Kier alpha value is -0.570. The van der Waals surface area contributed by atoms with Crippen molar-refractivity contribution in [2.24, 2.45) is 5.41 Å². The molecule has 3 nitrogen and oxygen atoms in total. The van der Waals surface area contributed by atoms with E-state index in [1.165, 1.54) is 7.11 Å². The van der Waals surface area contributed by atoms with Gasteiger partial charge in [-0.25, -0.2) is 0 Å². The number of ether oxygens (including phenoxy) is 1. The molecule has 1 N–H and O–H groups in total. The third-order valence-corrected chi connectivity index (χ3v) is 3.43. The van der Waals surface area contributed by atoms with Gasteiger partial charge >= 0.3 is 5.97 Å². The first-order valence-electron chi connectivity index (χ1n) is 3.98. The number of rotatable bonds is 2. The molecule has 0 aromatic rings. The summed E-state index contributed by atoms with van der Waals surface area (Å²) in [6.07, 6.45) is 3.10. The van der Waals surface area contributed by atoms with Crippen LogP contribution in [0.1, 0.15) is 19.3 Å². The number of hydrogen-bond acceptors (Lipinski definition) is 3. The van der Waals surface area contributed by atoms with Crippen molar-refractivity contribution in [2.45, 2.75) is 24.8 Å². The molecule has 11 heavy (non-hydrogen) atoms. The second-order valence-corrected chi connectivity index (χ2v) is 3.58. The zero-order valence-corrected chi connectivity index (χ0v) is 6.94. The monoisotopic (exact) mass is 155 g/mol. The third-order valence-electron chi connectivity index (χ3n) is 3.43. The number of esters is 1. The third kappa shape index (κ3) is 0.562. The van der Waals surface area contributed by atoms with Crippen LogP contribution >= 0.6 is 0 Å². The van der Waals surface area contributed by atoms with Crippen LogP contribution in [0.15, 0.2) is 0 Å². The number of nitrogens with one attached hydrogen (secondary N) is 1. The van der Waals surface area contributed by atoms with E-state index in [0.717, 1.165) is 19.3 Å². The van der Waals surface area contributed by atoms with Gasteiger partial charge in [0.15, 0.2) is 0 Å². The maximum atomic E-state index is 11.3. The summed E-state index contributed by atoms with van der Waals surface area (Å²) in [7, 11) is 3.39. The van der Waals surface area contributed by atoms with Crippen molar-refractivity contribution in [2.75, 3.05) is 14.2 Å². The van der Waals surface area contributed by atoms with Gasteiger partial charge in [0.25, 0.3) is 0 Å². The lowest BCUT2D eigenvalue weighted by molar-refractivity contribution is -0.151. The lowest BCUT2D eigenvalue weighted by Crippen LogP contribution is -2.46. The van der Waals surface area contributed by atoms with Gasteiger partial charge in [0, 0.05) is 5.54 Å². The molecule has 0 aliphatic heterocycles. The molecule has 2 atom stereocenters. The van der Waals surface area contributed by atoms with Gasteiger partial charge in [-0.15, -0.1) is 0 Å². The summed E-state index contributed by atoms with van der Waals surface area (Å²) in [5.41, 5.74) is -0.00338. The van der Waals surface area contributed by atoms with Crippen LogP contribution < -0.4 is 5.32 Å². The van der Waals surface area contributed by atoms with Gasteiger partial charge in [-0.05, 0) is 26.3 Å². The highest BCUT2D eigenvalue weighted by Crippen LogP contribution is 2.70. The fourth-order valence-electron chi connectivity index (χ4n) is 2.39. The van der Waals surface area contributed by atoms with E-state index in [1.807, 2.05) is 7.05 Å². The lowest BCUT2D eigenvalue weighted by Gasteiger charge is -2.32. The van der Waals surface area contributed by atoms with Crippen molar-refractivity contribution in [1.82, 2.24) is 5.32 Å². The summed E-state index contributed by atoms with van der Waals surface area (Å²) < 4.78 is 4.75. The number of hydrogen-bond donors (Lipinski definition) is 1. The predicted molar refractivity (Wildman–Crippen MR) is 40.1 cm³/mol. The van der Waals surface area contributed by atoms with Gasteiger partial charge in [-0.3, -0.25) is 4.79 Å². The first-order valence-corrected chi connectivity index (χ1v) is 3.98. The summed E-state index contributed by atoms with van der Waals surface area (Å²) in [5.74, 6) is -0.0295. The minimum atomic E-state index is -0.128. The van der Waals surface area contributed by atoms with Crippen LogP contribution in [-0.2, 0) is 9.53 Å². The van der Waals surface area contributed by atoms with Gasteiger partial charge in [0.05, 0.1) is 12.5 Å². The summed E-state index contributed by atoms with van der Waals surface area (Å²) in [5, 5.41) is 3.21. The molecule has 2 aliphatic rings. The van der Waals surface area contributed by atoms with Crippen LogP contribution in [0.3, 0.4) is 0 Å². The van der Waals surface area contributed by atoms with Crippen molar-refractivity contribution < 1.29 is 9.53 Å². The van der Waals surface area contributed by atoms with Crippen LogP contribution in [0.25, 0.3) is 0 Å². The molecular formula is C8H13NO2. The minimum absolute atomic E-state index is 0.0295. The smallest absolute Gasteiger partial charge is 0.313 e. The molecule has 0 amide bonds. The SMILES string of the molecule is CNC12CCC1(C(=O)OC)C2. The molecule has 3 heteroatoms. The Balaban J connectivity index is 2.12. The van der Waals surface area contributed by atoms with E-state index >= 15 is 0 Å². The predicted octanol–water partition coefficient (Wildman–Crippen LogP) is 0.301. The Bertz CT molecular complexity index is 212. The largest absolute Gasteiger partial charge is 0.469 e. The number of carbonyl (C=O) groups is 1. The molecule has 0 heterocycles. The molecule has 2 rings (SSSR count). The molecule has 0 radical (unpaired) electrons. The van der Waals surface area contributed by atoms with Crippen molar-refractivity contribution >= 4 is 5.97 Å². The van der Waals surface area contributed by atoms with E-state index in [4.69, 9.17) is 4.74 Å². The summed E-state index contributed by atoms with van der Waals surface area (Å²) in [6.45, 7) is 0. The van der Waals surface area contributed by atoms with E-state index in [-0.39, 0.29) is 16.9 Å². The van der Waals surface area contributed by atoms with Gasteiger partial charge in [0.1, 0.15) is 0 Å². The van der Waals surface area contributed by atoms with E-state index in [0.29, 0.717) is 0 Å². The van der Waals surface area contributed by atoms with Crippen molar-refractivity contribution in [3.63, 3.8) is 0 Å². The fourth-order valence-corrected chi connectivity index (χ4v) is 2.39. The minimum Gasteiger partial charge on any atom is -0.469 e. The standard InChI is InChI=1S/C8H13NO2/c1-9-8-4-3-7(8,5-8)6(10)11-2/h9H,3-5H2,1-2H3. The Morgan fingerprint density at radius 3 is 2.55 bits per heavy atom. The quantitative estimate of drug-likeness (QED) is 0.583. The second kappa shape index (κ2) is 1.78. The zero-order chi connectivity index (χ0) is 8.11. The second-order valence-electron chi connectivity index (χ2n) is 3.58. The van der Waals surface area contributed by atoms with Crippen molar-refractivity contribution in [3.8, 4) is 0 Å². The fraction of sp³-hybridized carbons (Fsp3) is 0.875. The number of fused-ring (bicyclic) bond motifs is 1. The number of carbonyl (C=O) groups excluding carboxylic acids is 1. The molecular weight excluding hydrogens is 142 g/mol. The molecule has 2 unspecified atom stereocenters. The van der Waals surface area contributed by atoms with E-state index in [2.05, 4.69) is 5.32 Å². The summed E-state index contributed by atoms with van der Waals surface area (Å²) in [6, 6.07) is 0. The highest BCUT2D eigenvalue weighted by atomic mass is 16.5. The average Bonchev–Trinajstić information content (AvgIpc) is 2.50. The Morgan fingerprint density at radius 2 is 2.27 bits per heavy atom. The summed E-state index contributed by atoms with van der Waals surface area (Å²) in [4.78, 5) is 11.3. The molecule has 62 valence electrons. The van der Waals surface area contributed by atoms with E-state index in [1.54, 1.807) is 0 Å². The van der Waals surface area contributed by atoms with Gasteiger partial charge < -0.3 is 10.1 Å². The van der Waals surface area contributed by atoms with E-state index < -0.39 is 0 Å². The molecule has 0 aromatic carbocycles. The maximum Gasteiger partial charge on any atom is 0.313 e. The van der Waals surface area contributed by atoms with Crippen LogP contribution in [0, 0.1) is 5.41 Å². The average molecular weight is 155 g/mol. The topological polar surface area (TPSA) is 38.3 Å². The first-order chi connectivity index (χ1) is 5.21. The Morgan fingerprint density at radius 1 is 1.55 bits per heavy atom. The van der Waals surface area contributed by atoms with Crippen LogP contribution in [0.4, 0.5) is 0 Å². The van der Waals surface area contributed by atoms with Gasteiger partial charge in [-0.2, -0.15) is 0 Å². The Labute approximate surface area is 66.1 Å². The number of methoxy groups -OCH3 is 1. The molecule has 0 saturated heterocycles. The molecule has 0 aromatic heterocycles. The van der Waals surface area contributed by atoms with Crippen molar-refractivity contribution in [1.29, 1.82) is 0 Å². The first kappa shape index (κ1) is 7.10. The highest BCUT2D eigenvalue weighted by molar-refractivity contribution is 5.85. The lowest BCUT2D eigenvalue weighted by atomic mass is 9.79. The van der Waals surface area contributed by atoms with Crippen LogP contribution in [0.5, 0.6) is 0 Å². The molecule has 2 aliphatic carbocycles. The van der Waals surface area contributed by atoms with Crippen molar-refractivity contribution in [3.05, 3.63) is 0 Å². The molecule has 0 bridgehead atoms. The molecule has 0 spiro atoms. The highest BCUT2D eigenvalue weighted by Gasteiger charge is 2.78. The van der Waals surface area contributed by atoms with E-state index in [9.17, 15) is 4.79 Å². The Kier molecular flexibility index (Phi) is 1.15. The van der Waals surface area contributed by atoms with Gasteiger partial charge in [-0.1, -0.05) is 0 Å². The van der Waals surface area contributed by atoms with Crippen LogP contribution in [0.2, 0.25) is 0 Å². The maximum absolute atomic E-state index is 11.3. The van der Waals surface area contributed by atoms with Crippen LogP contribution in [-0.4, -0.2) is 25.7 Å². The zero-order valence-electron chi connectivity index (χ0n) is 6.94. The van der Waals surface area contributed by atoms with Gasteiger partial charge in [0.2, 0.25) is 0 Å².